The van der Waals surface area contributed by atoms with Crippen LogP contribution in [0.2, 0.25) is 0 Å². The number of benzene rings is 1. The van der Waals surface area contributed by atoms with Crippen LogP contribution in [0.5, 0.6) is 0 Å². The molecule has 0 amide bonds. The minimum atomic E-state index is -0.989. The lowest BCUT2D eigenvalue weighted by Crippen LogP contribution is -2.31. The van der Waals surface area contributed by atoms with E-state index in [1.165, 1.54) is 12.1 Å². The summed E-state index contributed by atoms with van der Waals surface area (Å²) in [5.74, 6) is -1.91. The summed E-state index contributed by atoms with van der Waals surface area (Å²) in [7, 11) is 2.03. The summed E-state index contributed by atoms with van der Waals surface area (Å²) in [6.07, 6.45) is 2.21. The summed E-state index contributed by atoms with van der Waals surface area (Å²) in [6.45, 7) is 1.64. The molecule has 2 rings (SSSR count). The zero-order chi connectivity index (χ0) is 14.0. The van der Waals surface area contributed by atoms with Crippen LogP contribution in [-0.4, -0.2) is 36.1 Å². The summed E-state index contributed by atoms with van der Waals surface area (Å²) in [4.78, 5) is 2.07. The Hall–Kier alpha value is -1.27. The molecule has 0 saturated carbocycles. The van der Waals surface area contributed by atoms with Gasteiger partial charge in [0.1, 0.15) is 4.99 Å². The molecule has 0 aliphatic carbocycles. The van der Waals surface area contributed by atoms with Crippen molar-refractivity contribution in [2.24, 2.45) is 5.73 Å². The molecule has 1 fully saturated rings. The number of likely N-dealkylation sites (N-methyl/N-ethyl adjacent to an activating group) is 1. The van der Waals surface area contributed by atoms with Crippen molar-refractivity contribution in [2.45, 2.75) is 18.9 Å². The Balaban J connectivity index is 2.09. The number of hydrogen-bond donors (Lipinski definition) is 2. The molecule has 0 radical (unpaired) electrons. The molecule has 1 unspecified atom stereocenters. The molecule has 0 aromatic heterocycles. The maximum absolute atomic E-state index is 13.8. The molecule has 1 aromatic carbocycles. The van der Waals surface area contributed by atoms with Crippen molar-refractivity contribution in [3.63, 3.8) is 0 Å². The number of nitrogens with two attached hydrogens (primary N) is 1. The zero-order valence-electron chi connectivity index (χ0n) is 10.7. The van der Waals surface area contributed by atoms with E-state index in [0.717, 1.165) is 19.4 Å². The number of anilines is 1. The van der Waals surface area contributed by atoms with E-state index in [9.17, 15) is 8.78 Å². The predicted molar refractivity (Wildman–Crippen MR) is 76.4 cm³/mol. The molecule has 1 saturated heterocycles. The Labute approximate surface area is 116 Å². The van der Waals surface area contributed by atoms with Crippen LogP contribution in [0.15, 0.2) is 12.1 Å². The molecule has 1 heterocycles. The van der Waals surface area contributed by atoms with Crippen LogP contribution < -0.4 is 11.1 Å². The molecule has 0 spiro atoms. The van der Waals surface area contributed by atoms with Gasteiger partial charge in [0.05, 0.1) is 5.69 Å². The molecule has 104 valence electrons. The maximum atomic E-state index is 13.8. The quantitative estimate of drug-likeness (QED) is 0.831. The zero-order valence-corrected chi connectivity index (χ0v) is 11.6. The van der Waals surface area contributed by atoms with E-state index in [1.807, 2.05) is 7.05 Å². The topological polar surface area (TPSA) is 41.3 Å². The van der Waals surface area contributed by atoms with E-state index in [4.69, 9.17) is 5.73 Å². The molecule has 0 bridgehead atoms. The number of hydrogen-bond acceptors (Lipinski definition) is 3. The van der Waals surface area contributed by atoms with Gasteiger partial charge in [-0.2, -0.15) is 0 Å². The van der Waals surface area contributed by atoms with Crippen LogP contribution in [0.1, 0.15) is 18.4 Å². The molecule has 1 aliphatic heterocycles. The second kappa shape index (κ2) is 5.79. The lowest BCUT2D eigenvalue weighted by molar-refractivity contribution is 0.322. The average molecular weight is 285 g/mol. The minimum Gasteiger partial charge on any atom is -0.389 e. The van der Waals surface area contributed by atoms with Crippen LogP contribution in [-0.2, 0) is 0 Å². The Morgan fingerprint density at radius 1 is 1.47 bits per heavy atom. The van der Waals surface area contributed by atoms with Gasteiger partial charge >= 0.3 is 0 Å². The van der Waals surface area contributed by atoms with Gasteiger partial charge in [-0.15, -0.1) is 0 Å². The number of nitrogens with one attached hydrogen (secondary N) is 1. The molecule has 19 heavy (non-hydrogen) atoms. The van der Waals surface area contributed by atoms with Crippen molar-refractivity contribution < 1.29 is 8.78 Å². The second-order valence-corrected chi connectivity index (χ2v) is 5.25. The minimum absolute atomic E-state index is 0.0592. The fourth-order valence-electron chi connectivity index (χ4n) is 2.34. The van der Waals surface area contributed by atoms with E-state index in [-0.39, 0.29) is 16.2 Å². The van der Waals surface area contributed by atoms with Crippen LogP contribution in [0.3, 0.4) is 0 Å². The fraction of sp³-hybridized carbons (Fsp3) is 0.462. The van der Waals surface area contributed by atoms with Crippen LogP contribution in [0.4, 0.5) is 14.5 Å². The molecule has 3 N–H and O–H groups in total. The third-order valence-electron chi connectivity index (χ3n) is 3.55. The Kier molecular flexibility index (Phi) is 4.31. The Morgan fingerprint density at radius 3 is 2.79 bits per heavy atom. The van der Waals surface area contributed by atoms with Crippen molar-refractivity contribution >= 4 is 22.9 Å². The second-order valence-electron chi connectivity index (χ2n) is 4.81. The van der Waals surface area contributed by atoms with Gasteiger partial charge in [-0.3, -0.25) is 0 Å². The smallest absolute Gasteiger partial charge is 0.182 e. The SMILES string of the molecule is CN1CCCC1CNc1ccc(C(N)=S)c(F)c1F. The van der Waals surface area contributed by atoms with Crippen LogP contribution in [0, 0.1) is 11.6 Å². The Bertz CT molecular complexity index is 493. The van der Waals surface area contributed by atoms with Crippen molar-refractivity contribution in [3.8, 4) is 0 Å². The number of thiocarbonyl (C=S) groups is 1. The summed E-state index contributed by atoms with van der Waals surface area (Å²) in [6, 6.07) is 3.24. The molecular formula is C13H17F2N3S. The molecule has 3 nitrogen and oxygen atoms in total. The molecule has 1 atom stereocenters. The summed E-state index contributed by atoms with van der Waals surface area (Å²) >= 11 is 4.66. The predicted octanol–water partition coefficient (Wildman–Crippen LogP) is 2.11. The highest BCUT2D eigenvalue weighted by Crippen LogP contribution is 2.22. The Morgan fingerprint density at radius 2 is 2.21 bits per heavy atom. The number of halogens is 2. The molecular weight excluding hydrogens is 268 g/mol. The number of likely N-dealkylation sites (tertiary alicyclic amines) is 1. The van der Waals surface area contributed by atoms with Gasteiger partial charge < -0.3 is 16.0 Å². The lowest BCUT2D eigenvalue weighted by Gasteiger charge is -2.20. The van der Waals surface area contributed by atoms with Crippen LogP contribution >= 0.6 is 12.2 Å². The van der Waals surface area contributed by atoms with Crippen molar-refractivity contribution in [2.75, 3.05) is 25.5 Å². The molecule has 6 heteroatoms. The highest BCUT2D eigenvalue weighted by atomic mass is 32.1. The van der Waals surface area contributed by atoms with Crippen molar-refractivity contribution in [3.05, 3.63) is 29.3 Å². The van der Waals surface area contributed by atoms with Gasteiger partial charge in [0.2, 0.25) is 0 Å². The summed E-state index contributed by atoms with van der Waals surface area (Å²) in [5.41, 5.74) is 5.41. The van der Waals surface area contributed by atoms with Gasteiger partial charge in [-0.05, 0) is 38.6 Å². The first-order valence-corrected chi connectivity index (χ1v) is 6.63. The number of nitrogens with zero attached hydrogens (tertiary/aromatic N) is 1. The summed E-state index contributed by atoms with van der Waals surface area (Å²) in [5, 5.41) is 2.95. The standard InChI is InChI=1S/C13H17F2N3S/c1-18-6-2-3-8(18)7-17-10-5-4-9(13(16)19)11(14)12(10)15/h4-5,8,17H,2-3,6-7H2,1H3,(H2,16,19). The van der Waals surface area contributed by atoms with Gasteiger partial charge in [-0.25, -0.2) is 8.78 Å². The van der Waals surface area contributed by atoms with E-state index in [2.05, 4.69) is 22.4 Å². The van der Waals surface area contributed by atoms with Gasteiger partial charge in [0.25, 0.3) is 0 Å². The third kappa shape index (κ3) is 3.01. The first-order chi connectivity index (χ1) is 9.00. The van der Waals surface area contributed by atoms with Crippen LogP contribution in [0.25, 0.3) is 0 Å². The first kappa shape index (κ1) is 14.1. The normalized spacial score (nSPS) is 19.6. The fourth-order valence-corrected chi connectivity index (χ4v) is 2.50. The number of rotatable bonds is 4. The van der Waals surface area contributed by atoms with Crippen molar-refractivity contribution in [1.82, 2.24) is 4.90 Å². The van der Waals surface area contributed by atoms with Gasteiger partial charge in [-0.1, -0.05) is 12.2 Å². The van der Waals surface area contributed by atoms with E-state index >= 15 is 0 Å². The third-order valence-corrected chi connectivity index (χ3v) is 3.77. The monoisotopic (exact) mass is 285 g/mol. The maximum Gasteiger partial charge on any atom is 0.182 e. The van der Waals surface area contributed by atoms with Gasteiger partial charge in [0, 0.05) is 18.2 Å². The van der Waals surface area contributed by atoms with E-state index < -0.39 is 11.6 Å². The van der Waals surface area contributed by atoms with Gasteiger partial charge in [0.15, 0.2) is 11.6 Å². The average Bonchev–Trinajstić information content (AvgIpc) is 2.76. The summed E-state index contributed by atoms with van der Waals surface area (Å²) < 4.78 is 27.5. The lowest BCUT2D eigenvalue weighted by atomic mass is 10.1. The van der Waals surface area contributed by atoms with E-state index in [0.29, 0.717) is 12.6 Å². The molecule has 1 aromatic rings. The largest absolute Gasteiger partial charge is 0.389 e. The highest BCUT2D eigenvalue weighted by Gasteiger charge is 2.21. The highest BCUT2D eigenvalue weighted by molar-refractivity contribution is 7.80. The molecule has 1 aliphatic rings. The first-order valence-electron chi connectivity index (χ1n) is 6.22. The van der Waals surface area contributed by atoms with E-state index in [1.54, 1.807) is 0 Å². The van der Waals surface area contributed by atoms with Crippen molar-refractivity contribution in [1.29, 1.82) is 0 Å².